The van der Waals surface area contributed by atoms with E-state index < -0.39 is 0 Å². The van der Waals surface area contributed by atoms with Crippen molar-refractivity contribution < 1.29 is 4.74 Å². The zero-order chi connectivity index (χ0) is 12.1. The summed E-state index contributed by atoms with van der Waals surface area (Å²) in [5, 5.41) is 3.54. The minimum atomic E-state index is 0.686. The molecule has 1 aliphatic heterocycles. The van der Waals surface area contributed by atoms with Crippen molar-refractivity contribution in [3.63, 3.8) is 0 Å². The van der Waals surface area contributed by atoms with Crippen molar-refractivity contribution in [2.24, 2.45) is 5.92 Å². The molecule has 0 bridgehead atoms. The molecule has 0 aromatic rings. The third kappa shape index (κ3) is 3.67. The molecule has 3 heteroatoms. The van der Waals surface area contributed by atoms with Gasteiger partial charge in [-0.1, -0.05) is 12.8 Å². The molecule has 2 fully saturated rings. The molecule has 1 atom stereocenters. The van der Waals surface area contributed by atoms with E-state index in [4.69, 9.17) is 4.74 Å². The van der Waals surface area contributed by atoms with E-state index in [-0.39, 0.29) is 0 Å². The lowest BCUT2D eigenvalue weighted by Crippen LogP contribution is -2.47. The summed E-state index contributed by atoms with van der Waals surface area (Å²) in [6, 6.07) is 1.42. The molecule has 1 aliphatic carbocycles. The van der Waals surface area contributed by atoms with Crippen LogP contribution < -0.4 is 5.32 Å². The van der Waals surface area contributed by atoms with Crippen LogP contribution in [0.25, 0.3) is 0 Å². The molecule has 2 rings (SSSR count). The number of nitrogens with zero attached hydrogens (tertiary/aromatic N) is 1. The Hall–Kier alpha value is -0.120. The molecular weight excluding hydrogens is 212 g/mol. The van der Waals surface area contributed by atoms with Crippen LogP contribution in [-0.2, 0) is 4.74 Å². The third-order valence-corrected chi connectivity index (χ3v) is 4.64. The van der Waals surface area contributed by atoms with Crippen LogP contribution in [-0.4, -0.2) is 50.8 Å². The highest BCUT2D eigenvalue weighted by Crippen LogP contribution is 2.28. The Morgan fingerprint density at radius 1 is 1.18 bits per heavy atom. The minimum absolute atomic E-state index is 0.686. The van der Waals surface area contributed by atoms with Gasteiger partial charge in [-0.2, -0.15) is 0 Å². The molecule has 17 heavy (non-hydrogen) atoms. The van der Waals surface area contributed by atoms with E-state index in [1.165, 1.54) is 45.1 Å². The van der Waals surface area contributed by atoms with Crippen LogP contribution in [0.5, 0.6) is 0 Å². The molecule has 3 nitrogen and oxygen atoms in total. The topological polar surface area (TPSA) is 24.5 Å². The largest absolute Gasteiger partial charge is 0.381 e. The van der Waals surface area contributed by atoms with Crippen molar-refractivity contribution in [3.05, 3.63) is 0 Å². The first-order valence-electron chi connectivity index (χ1n) is 7.26. The van der Waals surface area contributed by atoms with Gasteiger partial charge in [0.2, 0.25) is 0 Å². The first-order valence-corrected chi connectivity index (χ1v) is 7.26. The first-order chi connectivity index (χ1) is 8.31. The van der Waals surface area contributed by atoms with Crippen molar-refractivity contribution in [1.82, 2.24) is 10.2 Å². The molecule has 0 radical (unpaired) electrons. The van der Waals surface area contributed by atoms with Crippen molar-refractivity contribution in [2.45, 2.75) is 50.6 Å². The van der Waals surface area contributed by atoms with E-state index in [2.05, 4.69) is 24.3 Å². The normalized spacial score (nSPS) is 25.6. The maximum absolute atomic E-state index is 5.44. The van der Waals surface area contributed by atoms with E-state index >= 15 is 0 Å². The lowest BCUT2D eigenvalue weighted by Gasteiger charge is -2.35. The second kappa shape index (κ2) is 6.72. The SMILES string of the molecule is CNC(CN(C)C1CCOCC1)C1CCCC1. The van der Waals surface area contributed by atoms with E-state index in [1.54, 1.807) is 0 Å². The highest BCUT2D eigenvalue weighted by Gasteiger charge is 2.27. The first kappa shape index (κ1) is 13.3. The zero-order valence-corrected chi connectivity index (χ0v) is 11.5. The smallest absolute Gasteiger partial charge is 0.0480 e. The monoisotopic (exact) mass is 240 g/mol. The average Bonchev–Trinajstić information content (AvgIpc) is 2.90. The van der Waals surface area contributed by atoms with Crippen molar-refractivity contribution in [2.75, 3.05) is 33.9 Å². The minimum Gasteiger partial charge on any atom is -0.381 e. The molecule has 1 saturated carbocycles. The zero-order valence-electron chi connectivity index (χ0n) is 11.5. The van der Waals surface area contributed by atoms with Crippen LogP contribution in [0.15, 0.2) is 0 Å². The molecule has 1 saturated heterocycles. The predicted octanol–water partition coefficient (Wildman–Crippen LogP) is 1.88. The fourth-order valence-electron chi connectivity index (χ4n) is 3.42. The summed E-state index contributed by atoms with van der Waals surface area (Å²) in [5.74, 6) is 0.905. The second-order valence-corrected chi connectivity index (χ2v) is 5.72. The van der Waals surface area contributed by atoms with Gasteiger partial charge in [0, 0.05) is 31.8 Å². The molecule has 100 valence electrons. The van der Waals surface area contributed by atoms with E-state index in [0.717, 1.165) is 25.2 Å². The van der Waals surface area contributed by atoms with Gasteiger partial charge in [-0.3, -0.25) is 0 Å². The highest BCUT2D eigenvalue weighted by atomic mass is 16.5. The van der Waals surface area contributed by atoms with Gasteiger partial charge in [0.1, 0.15) is 0 Å². The molecular formula is C14H28N2O. The van der Waals surface area contributed by atoms with Crippen molar-refractivity contribution in [1.29, 1.82) is 0 Å². The molecule has 0 amide bonds. The summed E-state index contributed by atoms with van der Waals surface area (Å²) >= 11 is 0. The summed E-state index contributed by atoms with van der Waals surface area (Å²) in [6.07, 6.45) is 8.13. The molecule has 0 aromatic heterocycles. The summed E-state index contributed by atoms with van der Waals surface area (Å²) in [6.45, 7) is 3.09. The van der Waals surface area contributed by atoms with Gasteiger partial charge < -0.3 is 15.0 Å². The Bertz CT molecular complexity index is 210. The van der Waals surface area contributed by atoms with Crippen LogP contribution >= 0.6 is 0 Å². The van der Waals surface area contributed by atoms with Crippen molar-refractivity contribution >= 4 is 0 Å². The molecule has 2 aliphatic rings. The Labute approximate surface area is 106 Å². The summed E-state index contributed by atoms with van der Waals surface area (Å²) in [7, 11) is 4.41. The van der Waals surface area contributed by atoms with Crippen LogP contribution in [0.1, 0.15) is 38.5 Å². The number of rotatable bonds is 5. The van der Waals surface area contributed by atoms with E-state index in [1.807, 2.05) is 0 Å². The third-order valence-electron chi connectivity index (χ3n) is 4.64. The Morgan fingerprint density at radius 2 is 1.82 bits per heavy atom. The molecule has 0 spiro atoms. The molecule has 1 N–H and O–H groups in total. The highest BCUT2D eigenvalue weighted by molar-refractivity contribution is 4.84. The molecule has 1 unspecified atom stereocenters. The van der Waals surface area contributed by atoms with E-state index in [9.17, 15) is 0 Å². The van der Waals surface area contributed by atoms with E-state index in [0.29, 0.717) is 6.04 Å². The van der Waals surface area contributed by atoms with Gasteiger partial charge >= 0.3 is 0 Å². The van der Waals surface area contributed by atoms with Crippen LogP contribution in [0.3, 0.4) is 0 Å². The molecule has 1 heterocycles. The second-order valence-electron chi connectivity index (χ2n) is 5.72. The Balaban J connectivity index is 1.79. The standard InChI is InChI=1S/C14H28N2O/c1-15-14(12-5-3-4-6-12)11-16(2)13-7-9-17-10-8-13/h12-15H,3-11H2,1-2H3. The Kier molecular flexibility index (Phi) is 5.26. The maximum atomic E-state index is 5.44. The lowest BCUT2D eigenvalue weighted by molar-refractivity contribution is 0.0382. The summed E-state index contributed by atoms with van der Waals surface area (Å²) < 4.78 is 5.44. The average molecular weight is 240 g/mol. The number of hydrogen-bond donors (Lipinski definition) is 1. The number of hydrogen-bond acceptors (Lipinski definition) is 3. The summed E-state index contributed by atoms with van der Waals surface area (Å²) in [5.41, 5.74) is 0. The number of ether oxygens (including phenoxy) is 1. The van der Waals surface area contributed by atoms with Gasteiger partial charge in [-0.05, 0) is 45.7 Å². The fraction of sp³-hybridized carbons (Fsp3) is 1.00. The van der Waals surface area contributed by atoms with Gasteiger partial charge in [0.15, 0.2) is 0 Å². The Morgan fingerprint density at radius 3 is 2.41 bits per heavy atom. The summed E-state index contributed by atoms with van der Waals surface area (Å²) in [4.78, 5) is 2.56. The number of likely N-dealkylation sites (N-methyl/N-ethyl adjacent to an activating group) is 2. The molecule has 0 aromatic carbocycles. The number of nitrogens with one attached hydrogen (secondary N) is 1. The lowest BCUT2D eigenvalue weighted by atomic mass is 9.96. The fourth-order valence-corrected chi connectivity index (χ4v) is 3.42. The van der Waals surface area contributed by atoms with Crippen molar-refractivity contribution in [3.8, 4) is 0 Å². The van der Waals surface area contributed by atoms with Crippen LogP contribution in [0, 0.1) is 5.92 Å². The quantitative estimate of drug-likeness (QED) is 0.794. The van der Waals surface area contributed by atoms with Gasteiger partial charge in [-0.15, -0.1) is 0 Å². The predicted molar refractivity (Wildman–Crippen MR) is 71.3 cm³/mol. The van der Waals surface area contributed by atoms with Gasteiger partial charge in [0.05, 0.1) is 0 Å². The van der Waals surface area contributed by atoms with Gasteiger partial charge in [-0.25, -0.2) is 0 Å². The maximum Gasteiger partial charge on any atom is 0.0480 e. The van der Waals surface area contributed by atoms with Gasteiger partial charge in [0.25, 0.3) is 0 Å². The van der Waals surface area contributed by atoms with Crippen LogP contribution in [0.4, 0.5) is 0 Å². The van der Waals surface area contributed by atoms with Crippen LogP contribution in [0.2, 0.25) is 0 Å².